The summed E-state index contributed by atoms with van der Waals surface area (Å²) >= 11 is 1.82. The Labute approximate surface area is 131 Å². The molecule has 0 amide bonds. The average Bonchev–Trinajstić information content (AvgIpc) is 3.06. The molecule has 0 aromatic carbocycles. The summed E-state index contributed by atoms with van der Waals surface area (Å²) in [5.74, 6) is 0. The molecular formula is C15H26N4OS. The summed E-state index contributed by atoms with van der Waals surface area (Å²) in [6.45, 7) is 7.37. The maximum Gasteiger partial charge on any atom is 0.186 e. The molecule has 0 bridgehead atoms. The number of hydrogen-bond donors (Lipinski definition) is 1. The van der Waals surface area contributed by atoms with Crippen molar-refractivity contribution in [2.24, 2.45) is 0 Å². The molecule has 2 aliphatic rings. The number of nitrogens with one attached hydrogen (secondary N) is 1. The summed E-state index contributed by atoms with van der Waals surface area (Å²) in [5, 5.41) is 4.41. The molecule has 1 N–H and O–H groups in total. The molecule has 5 nitrogen and oxygen atoms in total. The largest absolute Gasteiger partial charge is 0.378 e. The highest BCUT2D eigenvalue weighted by atomic mass is 32.1. The van der Waals surface area contributed by atoms with Crippen LogP contribution in [0.5, 0.6) is 0 Å². The molecule has 0 aliphatic carbocycles. The maximum atomic E-state index is 5.30. The molecule has 3 heterocycles. The topological polar surface area (TPSA) is 40.6 Å². The van der Waals surface area contributed by atoms with Crippen molar-refractivity contribution in [3.63, 3.8) is 0 Å². The Morgan fingerprint density at radius 1 is 1.43 bits per heavy atom. The van der Waals surface area contributed by atoms with E-state index < -0.39 is 0 Å². The van der Waals surface area contributed by atoms with Crippen LogP contribution in [0, 0.1) is 0 Å². The molecule has 2 atom stereocenters. The Bertz CT molecular complexity index is 455. The predicted octanol–water partition coefficient (Wildman–Crippen LogP) is 1.68. The first kappa shape index (κ1) is 15.2. The molecule has 118 valence electrons. The molecular weight excluding hydrogens is 284 g/mol. The van der Waals surface area contributed by atoms with Crippen molar-refractivity contribution in [1.29, 1.82) is 0 Å². The summed E-state index contributed by atoms with van der Waals surface area (Å²) in [6, 6.07) is 1.27. The van der Waals surface area contributed by atoms with Crippen LogP contribution < -0.4 is 10.2 Å². The molecule has 0 saturated carbocycles. The zero-order valence-corrected chi connectivity index (χ0v) is 14.1. The fourth-order valence-electron chi connectivity index (χ4n) is 3.49. The second kappa shape index (κ2) is 6.60. The van der Waals surface area contributed by atoms with Crippen LogP contribution in [0.4, 0.5) is 5.13 Å². The first-order valence-corrected chi connectivity index (χ1v) is 8.67. The van der Waals surface area contributed by atoms with Crippen molar-refractivity contribution >= 4 is 16.5 Å². The molecule has 3 rings (SSSR count). The molecule has 2 unspecified atom stereocenters. The summed E-state index contributed by atoms with van der Waals surface area (Å²) in [5.41, 5.74) is 1.09. The number of thiazole rings is 1. The maximum absolute atomic E-state index is 5.30. The van der Waals surface area contributed by atoms with Crippen molar-refractivity contribution in [3.8, 4) is 0 Å². The summed E-state index contributed by atoms with van der Waals surface area (Å²) in [6.07, 6.45) is 2.69. The van der Waals surface area contributed by atoms with E-state index in [1.54, 1.807) is 7.11 Å². The normalized spacial score (nSPS) is 26.3. The highest BCUT2D eigenvalue weighted by Crippen LogP contribution is 2.33. The molecule has 0 radical (unpaired) electrons. The molecule has 2 saturated heterocycles. The molecule has 2 aliphatic heterocycles. The van der Waals surface area contributed by atoms with E-state index in [4.69, 9.17) is 9.72 Å². The van der Waals surface area contributed by atoms with Gasteiger partial charge in [0.15, 0.2) is 5.13 Å². The van der Waals surface area contributed by atoms with Gasteiger partial charge in [0.05, 0.1) is 12.3 Å². The van der Waals surface area contributed by atoms with Gasteiger partial charge < -0.3 is 15.0 Å². The summed E-state index contributed by atoms with van der Waals surface area (Å²) in [7, 11) is 3.72. The Hall–Kier alpha value is -0.690. The first-order valence-electron chi connectivity index (χ1n) is 7.85. The van der Waals surface area contributed by atoms with Crippen LogP contribution in [0.25, 0.3) is 0 Å². The standard InChI is InChI=1S/C15H26N4OS/c1-11-8-18-6-4-5-12(18)9-19(11)15-17-13(10-20-3)14(21-15)7-16-2/h11-12,16H,4-10H2,1-3H3. The highest BCUT2D eigenvalue weighted by molar-refractivity contribution is 7.15. The average molecular weight is 310 g/mol. The van der Waals surface area contributed by atoms with Gasteiger partial charge in [0.1, 0.15) is 0 Å². The van der Waals surface area contributed by atoms with Crippen LogP contribution in [0.3, 0.4) is 0 Å². The van der Waals surface area contributed by atoms with E-state index >= 15 is 0 Å². The SMILES string of the molecule is CNCc1sc(N2CC3CCCN3CC2C)nc1COC. The lowest BCUT2D eigenvalue weighted by atomic mass is 10.1. The van der Waals surface area contributed by atoms with Gasteiger partial charge >= 0.3 is 0 Å². The second-order valence-electron chi connectivity index (χ2n) is 6.12. The van der Waals surface area contributed by atoms with Crippen LogP contribution in [-0.2, 0) is 17.9 Å². The minimum Gasteiger partial charge on any atom is -0.378 e. The Balaban J connectivity index is 1.80. The summed E-state index contributed by atoms with van der Waals surface area (Å²) in [4.78, 5) is 11.3. The van der Waals surface area contributed by atoms with Crippen LogP contribution in [0.2, 0.25) is 0 Å². The van der Waals surface area contributed by atoms with Crippen LogP contribution in [0.1, 0.15) is 30.3 Å². The Morgan fingerprint density at radius 2 is 2.29 bits per heavy atom. The molecule has 2 fully saturated rings. The Morgan fingerprint density at radius 3 is 3.05 bits per heavy atom. The third-order valence-corrected chi connectivity index (χ3v) is 5.70. The quantitative estimate of drug-likeness (QED) is 0.896. The van der Waals surface area contributed by atoms with E-state index in [9.17, 15) is 0 Å². The molecule has 1 aromatic rings. The Kier molecular flexibility index (Phi) is 4.78. The van der Waals surface area contributed by atoms with Crippen molar-refractivity contribution < 1.29 is 4.74 Å². The van der Waals surface area contributed by atoms with Crippen molar-refractivity contribution in [2.45, 2.75) is 45.0 Å². The molecule has 1 aromatic heterocycles. The highest BCUT2D eigenvalue weighted by Gasteiger charge is 2.35. The number of fused-ring (bicyclic) bond motifs is 1. The number of ether oxygens (including phenoxy) is 1. The number of piperazine rings is 1. The first-order chi connectivity index (χ1) is 10.2. The van der Waals surface area contributed by atoms with Gasteiger partial charge in [-0.15, -0.1) is 11.3 Å². The minimum atomic E-state index is 0.545. The van der Waals surface area contributed by atoms with E-state index in [1.807, 2.05) is 18.4 Å². The number of aromatic nitrogens is 1. The van der Waals surface area contributed by atoms with E-state index in [0.29, 0.717) is 12.6 Å². The van der Waals surface area contributed by atoms with Crippen molar-refractivity contribution in [3.05, 3.63) is 10.6 Å². The monoisotopic (exact) mass is 310 g/mol. The van der Waals surface area contributed by atoms with Gasteiger partial charge in [0, 0.05) is 43.7 Å². The minimum absolute atomic E-state index is 0.545. The van der Waals surface area contributed by atoms with Gasteiger partial charge in [-0.2, -0.15) is 0 Å². The third kappa shape index (κ3) is 3.08. The predicted molar refractivity (Wildman–Crippen MR) is 87.0 cm³/mol. The van der Waals surface area contributed by atoms with Gasteiger partial charge in [0.2, 0.25) is 0 Å². The third-order valence-electron chi connectivity index (χ3n) is 4.57. The van der Waals surface area contributed by atoms with E-state index in [-0.39, 0.29) is 0 Å². The number of rotatable bonds is 5. The van der Waals surface area contributed by atoms with Gasteiger partial charge in [-0.1, -0.05) is 0 Å². The molecule has 6 heteroatoms. The number of methoxy groups -OCH3 is 1. The fourth-order valence-corrected chi connectivity index (χ4v) is 4.68. The summed E-state index contributed by atoms with van der Waals surface area (Å²) < 4.78 is 5.30. The van der Waals surface area contributed by atoms with Crippen LogP contribution >= 0.6 is 11.3 Å². The lowest BCUT2D eigenvalue weighted by Gasteiger charge is -2.42. The number of hydrogen-bond acceptors (Lipinski definition) is 6. The number of anilines is 1. The van der Waals surface area contributed by atoms with Gasteiger partial charge in [0.25, 0.3) is 0 Å². The van der Waals surface area contributed by atoms with Gasteiger partial charge in [-0.25, -0.2) is 4.98 Å². The second-order valence-corrected chi connectivity index (χ2v) is 7.18. The fraction of sp³-hybridized carbons (Fsp3) is 0.800. The van der Waals surface area contributed by atoms with Crippen LogP contribution in [0.15, 0.2) is 0 Å². The lowest BCUT2D eigenvalue weighted by molar-refractivity contribution is 0.181. The number of nitrogens with zero attached hydrogens (tertiary/aromatic N) is 3. The van der Waals surface area contributed by atoms with Crippen molar-refractivity contribution in [1.82, 2.24) is 15.2 Å². The molecule has 0 spiro atoms. The van der Waals surface area contributed by atoms with E-state index in [2.05, 4.69) is 22.0 Å². The van der Waals surface area contributed by atoms with E-state index in [1.165, 1.54) is 35.9 Å². The zero-order valence-electron chi connectivity index (χ0n) is 13.3. The molecule has 21 heavy (non-hydrogen) atoms. The van der Waals surface area contributed by atoms with Crippen LogP contribution in [-0.4, -0.2) is 55.8 Å². The van der Waals surface area contributed by atoms with Gasteiger partial charge in [-0.3, -0.25) is 4.90 Å². The lowest BCUT2D eigenvalue weighted by Crippen LogP contribution is -2.55. The van der Waals surface area contributed by atoms with Gasteiger partial charge in [-0.05, 0) is 33.4 Å². The van der Waals surface area contributed by atoms with Crippen molar-refractivity contribution in [2.75, 3.05) is 38.7 Å². The van der Waals surface area contributed by atoms with E-state index in [0.717, 1.165) is 24.8 Å². The zero-order chi connectivity index (χ0) is 14.8. The smallest absolute Gasteiger partial charge is 0.186 e.